The largest absolute Gasteiger partial charge is 0.493 e. The average molecular weight is 265 g/mol. The van der Waals surface area contributed by atoms with Gasteiger partial charge in [0.1, 0.15) is 5.75 Å². The fraction of sp³-hybridized carbons (Fsp3) is 0.625. The number of hydrogen-bond acceptors (Lipinski definition) is 3. The molecule has 108 valence electrons. The predicted molar refractivity (Wildman–Crippen MR) is 79.8 cm³/mol. The molecule has 3 nitrogen and oxygen atoms in total. The van der Waals surface area contributed by atoms with Gasteiger partial charge in [0.05, 0.1) is 12.7 Å². The molecule has 0 fully saturated rings. The number of benzene rings is 1. The molecule has 0 radical (unpaired) electrons. The first-order valence-electron chi connectivity index (χ1n) is 7.13. The first kappa shape index (κ1) is 16.0. The summed E-state index contributed by atoms with van der Waals surface area (Å²) in [6.07, 6.45) is 0.924. The van der Waals surface area contributed by atoms with Crippen LogP contribution in [-0.4, -0.2) is 25.9 Å². The fourth-order valence-corrected chi connectivity index (χ4v) is 2.05. The van der Waals surface area contributed by atoms with E-state index in [1.165, 1.54) is 11.1 Å². The molecule has 0 heterocycles. The number of aryl methyl sites for hydroxylation is 1. The van der Waals surface area contributed by atoms with E-state index in [0.29, 0.717) is 25.7 Å². The molecule has 2 N–H and O–H groups in total. The van der Waals surface area contributed by atoms with Crippen LogP contribution in [0.1, 0.15) is 44.2 Å². The van der Waals surface area contributed by atoms with Crippen molar-refractivity contribution in [3.63, 3.8) is 0 Å². The van der Waals surface area contributed by atoms with Gasteiger partial charge in [0, 0.05) is 19.6 Å². The summed E-state index contributed by atoms with van der Waals surface area (Å²) in [6.45, 7) is 10.3. The van der Waals surface area contributed by atoms with Crippen molar-refractivity contribution in [1.82, 2.24) is 0 Å². The molecular weight excluding hydrogens is 238 g/mol. The normalized spacial score (nSPS) is 12.7. The van der Waals surface area contributed by atoms with Gasteiger partial charge < -0.3 is 15.2 Å². The van der Waals surface area contributed by atoms with Crippen molar-refractivity contribution in [3.05, 3.63) is 29.3 Å². The summed E-state index contributed by atoms with van der Waals surface area (Å²) in [5.74, 6) is 1.45. The maximum absolute atomic E-state index is 5.92. The Morgan fingerprint density at radius 2 is 2.00 bits per heavy atom. The third-order valence-corrected chi connectivity index (χ3v) is 3.15. The van der Waals surface area contributed by atoms with Crippen molar-refractivity contribution in [2.75, 3.05) is 19.8 Å². The molecule has 1 aromatic rings. The monoisotopic (exact) mass is 265 g/mol. The van der Waals surface area contributed by atoms with E-state index >= 15 is 0 Å². The van der Waals surface area contributed by atoms with E-state index < -0.39 is 0 Å². The average Bonchev–Trinajstić information content (AvgIpc) is 2.37. The van der Waals surface area contributed by atoms with Crippen LogP contribution in [0.25, 0.3) is 0 Å². The van der Waals surface area contributed by atoms with Gasteiger partial charge in [-0.1, -0.05) is 26.0 Å². The van der Waals surface area contributed by atoms with Gasteiger partial charge in [-0.3, -0.25) is 0 Å². The van der Waals surface area contributed by atoms with Crippen LogP contribution < -0.4 is 10.5 Å². The Balaban J connectivity index is 2.59. The lowest BCUT2D eigenvalue weighted by Crippen LogP contribution is -2.26. The minimum atomic E-state index is 0.0947. The SMILES string of the molecule is CCOC(CN)CCOc1cc(C)ccc1C(C)C. The van der Waals surface area contributed by atoms with Crippen LogP contribution in [0.15, 0.2) is 18.2 Å². The Hall–Kier alpha value is -1.06. The van der Waals surface area contributed by atoms with Crippen LogP contribution in [0.5, 0.6) is 5.75 Å². The molecule has 1 unspecified atom stereocenters. The van der Waals surface area contributed by atoms with E-state index in [4.69, 9.17) is 15.2 Å². The first-order chi connectivity index (χ1) is 9.08. The van der Waals surface area contributed by atoms with Gasteiger partial charge >= 0.3 is 0 Å². The van der Waals surface area contributed by atoms with Gasteiger partial charge in [-0.25, -0.2) is 0 Å². The van der Waals surface area contributed by atoms with Crippen molar-refractivity contribution in [2.45, 2.75) is 46.1 Å². The number of rotatable bonds is 8. The number of nitrogens with two attached hydrogens (primary N) is 1. The summed E-state index contributed by atoms with van der Waals surface area (Å²) >= 11 is 0. The summed E-state index contributed by atoms with van der Waals surface area (Å²) in [6, 6.07) is 6.39. The Morgan fingerprint density at radius 1 is 1.26 bits per heavy atom. The molecule has 0 amide bonds. The maximum atomic E-state index is 5.92. The van der Waals surface area contributed by atoms with Gasteiger partial charge in [0.2, 0.25) is 0 Å². The molecule has 3 heteroatoms. The van der Waals surface area contributed by atoms with Gasteiger partial charge in [0.25, 0.3) is 0 Å². The Bertz CT molecular complexity index is 377. The molecule has 19 heavy (non-hydrogen) atoms. The van der Waals surface area contributed by atoms with Crippen LogP contribution in [0, 0.1) is 6.92 Å². The van der Waals surface area contributed by atoms with Gasteiger partial charge in [0.15, 0.2) is 0 Å². The quantitative estimate of drug-likeness (QED) is 0.784. The summed E-state index contributed by atoms with van der Waals surface area (Å²) in [5.41, 5.74) is 8.14. The van der Waals surface area contributed by atoms with E-state index in [2.05, 4.69) is 39.0 Å². The Kier molecular flexibility index (Phi) is 6.89. The standard InChI is InChI=1S/C16H27NO2/c1-5-18-14(11-17)8-9-19-16-10-13(4)6-7-15(16)12(2)3/h6-7,10,12,14H,5,8-9,11,17H2,1-4H3. The molecule has 0 aromatic heterocycles. The second-order valence-corrected chi connectivity index (χ2v) is 5.15. The lowest BCUT2D eigenvalue weighted by Gasteiger charge is -2.18. The minimum absolute atomic E-state index is 0.0947. The maximum Gasteiger partial charge on any atom is 0.123 e. The third kappa shape index (κ3) is 5.21. The predicted octanol–water partition coefficient (Wildman–Crippen LogP) is 3.25. The highest BCUT2D eigenvalue weighted by Gasteiger charge is 2.10. The number of ether oxygens (including phenoxy) is 2. The van der Waals surface area contributed by atoms with E-state index in [9.17, 15) is 0 Å². The van der Waals surface area contributed by atoms with Crippen LogP contribution in [-0.2, 0) is 4.74 Å². The van der Waals surface area contributed by atoms with Gasteiger partial charge in [-0.2, -0.15) is 0 Å². The summed E-state index contributed by atoms with van der Waals surface area (Å²) in [4.78, 5) is 0. The molecule has 1 atom stereocenters. The molecule has 0 aliphatic rings. The Morgan fingerprint density at radius 3 is 2.58 bits per heavy atom. The first-order valence-corrected chi connectivity index (χ1v) is 7.13. The molecule has 0 spiro atoms. The van der Waals surface area contributed by atoms with Crippen molar-refractivity contribution in [3.8, 4) is 5.75 Å². The van der Waals surface area contributed by atoms with Gasteiger partial charge in [-0.15, -0.1) is 0 Å². The van der Waals surface area contributed by atoms with Gasteiger partial charge in [-0.05, 0) is 37.0 Å². The highest BCUT2D eigenvalue weighted by Crippen LogP contribution is 2.27. The molecule has 0 bridgehead atoms. The zero-order valence-electron chi connectivity index (χ0n) is 12.6. The molecular formula is C16H27NO2. The lowest BCUT2D eigenvalue weighted by molar-refractivity contribution is 0.0526. The topological polar surface area (TPSA) is 44.5 Å². The zero-order chi connectivity index (χ0) is 14.3. The van der Waals surface area contributed by atoms with Crippen molar-refractivity contribution >= 4 is 0 Å². The smallest absolute Gasteiger partial charge is 0.123 e. The highest BCUT2D eigenvalue weighted by molar-refractivity contribution is 5.39. The third-order valence-electron chi connectivity index (χ3n) is 3.15. The summed E-state index contributed by atoms with van der Waals surface area (Å²) in [7, 11) is 0. The minimum Gasteiger partial charge on any atom is -0.493 e. The molecule has 0 saturated heterocycles. The second kappa shape index (κ2) is 8.18. The molecule has 0 aliphatic carbocycles. The molecule has 0 saturated carbocycles. The van der Waals surface area contributed by atoms with E-state index in [1.807, 2.05) is 6.92 Å². The van der Waals surface area contributed by atoms with Crippen molar-refractivity contribution in [2.24, 2.45) is 5.73 Å². The summed E-state index contributed by atoms with van der Waals surface area (Å²) in [5, 5.41) is 0. The number of hydrogen-bond donors (Lipinski definition) is 1. The van der Waals surface area contributed by atoms with E-state index in [-0.39, 0.29) is 6.10 Å². The van der Waals surface area contributed by atoms with Crippen LogP contribution in [0.4, 0.5) is 0 Å². The van der Waals surface area contributed by atoms with Crippen molar-refractivity contribution < 1.29 is 9.47 Å². The van der Waals surface area contributed by atoms with Crippen LogP contribution in [0.3, 0.4) is 0 Å². The summed E-state index contributed by atoms with van der Waals surface area (Å²) < 4.78 is 11.4. The molecule has 1 aromatic carbocycles. The van der Waals surface area contributed by atoms with E-state index in [0.717, 1.165) is 12.2 Å². The highest BCUT2D eigenvalue weighted by atomic mass is 16.5. The van der Waals surface area contributed by atoms with E-state index in [1.54, 1.807) is 0 Å². The van der Waals surface area contributed by atoms with Crippen molar-refractivity contribution in [1.29, 1.82) is 0 Å². The molecule has 1 rings (SSSR count). The lowest BCUT2D eigenvalue weighted by atomic mass is 10.0. The fourth-order valence-electron chi connectivity index (χ4n) is 2.05. The Labute approximate surface area is 117 Å². The van der Waals surface area contributed by atoms with Crippen LogP contribution in [0.2, 0.25) is 0 Å². The zero-order valence-corrected chi connectivity index (χ0v) is 12.6. The van der Waals surface area contributed by atoms with Crippen LogP contribution >= 0.6 is 0 Å². The molecule has 0 aliphatic heterocycles. The second-order valence-electron chi connectivity index (χ2n) is 5.15.